The van der Waals surface area contributed by atoms with Gasteiger partial charge in [0.2, 0.25) is 11.0 Å². The second-order valence-electron chi connectivity index (χ2n) is 5.02. The van der Waals surface area contributed by atoms with Crippen molar-refractivity contribution < 1.29 is 4.79 Å². The van der Waals surface area contributed by atoms with Crippen LogP contribution in [-0.2, 0) is 11.2 Å². The van der Waals surface area contributed by atoms with Crippen LogP contribution in [0.4, 0.5) is 5.13 Å². The summed E-state index contributed by atoms with van der Waals surface area (Å²) in [5.74, 6) is 1.09. The summed E-state index contributed by atoms with van der Waals surface area (Å²) in [4.78, 5) is 11.8. The Balaban J connectivity index is 2.38. The molecule has 1 rings (SSSR count). The normalized spacial score (nSPS) is 12.7. The molecular formula is C13H24N4OS. The highest BCUT2D eigenvalue weighted by Crippen LogP contribution is 2.21. The number of nitrogens with one attached hydrogen (secondary N) is 1. The minimum atomic E-state index is 0.0153. The molecule has 0 aliphatic carbocycles. The zero-order valence-electron chi connectivity index (χ0n) is 12.0. The van der Waals surface area contributed by atoms with Crippen LogP contribution in [0.2, 0.25) is 0 Å². The molecule has 1 aromatic rings. The van der Waals surface area contributed by atoms with E-state index in [4.69, 9.17) is 5.73 Å². The molecule has 1 unspecified atom stereocenters. The molecule has 0 saturated heterocycles. The van der Waals surface area contributed by atoms with Crippen molar-refractivity contribution >= 4 is 22.4 Å². The van der Waals surface area contributed by atoms with Gasteiger partial charge < -0.3 is 11.1 Å². The fraction of sp³-hybridized carbons (Fsp3) is 0.769. The van der Waals surface area contributed by atoms with E-state index in [0.717, 1.165) is 24.3 Å². The molecule has 0 aromatic carbocycles. The zero-order chi connectivity index (χ0) is 14.3. The molecule has 3 N–H and O–H groups in total. The van der Waals surface area contributed by atoms with E-state index in [1.807, 2.05) is 6.92 Å². The highest BCUT2D eigenvalue weighted by atomic mass is 32.1. The molecule has 0 fully saturated rings. The minimum absolute atomic E-state index is 0.0153. The second kappa shape index (κ2) is 8.22. The maximum absolute atomic E-state index is 11.8. The Hall–Kier alpha value is -1.01. The summed E-state index contributed by atoms with van der Waals surface area (Å²) >= 11 is 1.44. The number of hydrogen-bond acceptors (Lipinski definition) is 5. The van der Waals surface area contributed by atoms with E-state index in [0.29, 0.717) is 29.9 Å². The first kappa shape index (κ1) is 16.0. The highest BCUT2D eigenvalue weighted by Gasteiger charge is 2.15. The summed E-state index contributed by atoms with van der Waals surface area (Å²) in [6, 6.07) is 0. The van der Waals surface area contributed by atoms with Crippen LogP contribution in [0.3, 0.4) is 0 Å². The van der Waals surface area contributed by atoms with Gasteiger partial charge in [0.05, 0.1) is 0 Å². The lowest BCUT2D eigenvalue weighted by atomic mass is 9.88. The molecule has 0 aliphatic rings. The first-order valence-electron chi connectivity index (χ1n) is 6.89. The molecule has 0 radical (unpaired) electrons. The van der Waals surface area contributed by atoms with E-state index >= 15 is 0 Å². The van der Waals surface area contributed by atoms with Gasteiger partial charge in [0.15, 0.2) is 0 Å². The quantitative estimate of drug-likeness (QED) is 0.768. The molecule has 0 aliphatic heterocycles. The first-order chi connectivity index (χ1) is 9.06. The number of carbonyl (C=O) groups is 1. The lowest BCUT2D eigenvalue weighted by Gasteiger charge is -2.19. The van der Waals surface area contributed by atoms with Crippen LogP contribution in [0.1, 0.15) is 45.0 Å². The Morgan fingerprint density at radius 1 is 1.37 bits per heavy atom. The predicted molar refractivity (Wildman–Crippen MR) is 79.2 cm³/mol. The third-order valence-electron chi connectivity index (χ3n) is 3.24. The summed E-state index contributed by atoms with van der Waals surface area (Å²) < 4.78 is 0. The summed E-state index contributed by atoms with van der Waals surface area (Å²) in [6.07, 6.45) is 3.22. The molecule has 0 saturated carbocycles. The van der Waals surface area contributed by atoms with E-state index in [9.17, 15) is 4.79 Å². The van der Waals surface area contributed by atoms with E-state index in [2.05, 4.69) is 29.4 Å². The Bertz CT molecular complexity index is 392. The van der Waals surface area contributed by atoms with E-state index < -0.39 is 0 Å². The molecule has 108 valence electrons. The Labute approximate surface area is 119 Å². The van der Waals surface area contributed by atoms with Crippen LogP contribution < -0.4 is 11.1 Å². The number of rotatable bonds is 8. The number of carbonyl (C=O) groups excluding carboxylic acids is 1. The van der Waals surface area contributed by atoms with Crippen LogP contribution in [-0.4, -0.2) is 22.6 Å². The second-order valence-corrected chi connectivity index (χ2v) is 6.08. The monoisotopic (exact) mass is 284 g/mol. The smallest absolute Gasteiger partial charge is 0.226 e. The van der Waals surface area contributed by atoms with Crippen LogP contribution in [0.5, 0.6) is 0 Å². The predicted octanol–water partition coefficient (Wildman–Crippen LogP) is 2.44. The standard InChI is InChI=1S/C13H24N4OS/c1-4-12-16-17-13(19-12)15-11(18)6-5-10(7-8-14)9(2)3/h9-10H,4-8,14H2,1-3H3,(H,15,17,18). The molecule has 19 heavy (non-hydrogen) atoms. The van der Waals surface area contributed by atoms with E-state index in [1.165, 1.54) is 11.3 Å². The summed E-state index contributed by atoms with van der Waals surface area (Å²) in [5, 5.41) is 12.3. The lowest BCUT2D eigenvalue weighted by molar-refractivity contribution is -0.116. The summed E-state index contributed by atoms with van der Waals surface area (Å²) in [7, 11) is 0. The minimum Gasteiger partial charge on any atom is -0.330 e. The molecule has 6 heteroatoms. The van der Waals surface area contributed by atoms with Crippen LogP contribution in [0, 0.1) is 11.8 Å². The topological polar surface area (TPSA) is 80.9 Å². The molecule has 1 aromatic heterocycles. The number of aryl methyl sites for hydroxylation is 1. The lowest BCUT2D eigenvalue weighted by Crippen LogP contribution is -2.18. The van der Waals surface area contributed by atoms with Crippen molar-refractivity contribution in [1.29, 1.82) is 0 Å². The van der Waals surface area contributed by atoms with Gasteiger partial charge in [-0.25, -0.2) is 0 Å². The summed E-state index contributed by atoms with van der Waals surface area (Å²) in [5.41, 5.74) is 5.60. The van der Waals surface area contributed by atoms with Crippen molar-refractivity contribution in [3.8, 4) is 0 Å². The fourth-order valence-corrected chi connectivity index (χ4v) is 2.67. The average molecular weight is 284 g/mol. The van der Waals surface area contributed by atoms with E-state index in [-0.39, 0.29) is 5.91 Å². The number of hydrogen-bond donors (Lipinski definition) is 2. The Morgan fingerprint density at radius 3 is 2.63 bits per heavy atom. The molecular weight excluding hydrogens is 260 g/mol. The molecule has 0 spiro atoms. The van der Waals surface area contributed by atoms with E-state index in [1.54, 1.807) is 0 Å². The van der Waals surface area contributed by atoms with Gasteiger partial charge >= 0.3 is 0 Å². The maximum atomic E-state index is 11.8. The van der Waals surface area contributed by atoms with Crippen molar-refractivity contribution in [3.63, 3.8) is 0 Å². The third kappa shape index (κ3) is 5.65. The van der Waals surface area contributed by atoms with Gasteiger partial charge in [-0.3, -0.25) is 4.79 Å². The van der Waals surface area contributed by atoms with Gasteiger partial charge in [-0.1, -0.05) is 32.1 Å². The van der Waals surface area contributed by atoms with Crippen molar-refractivity contribution in [2.75, 3.05) is 11.9 Å². The first-order valence-corrected chi connectivity index (χ1v) is 7.70. The largest absolute Gasteiger partial charge is 0.330 e. The number of nitrogens with two attached hydrogens (primary N) is 1. The van der Waals surface area contributed by atoms with Crippen molar-refractivity contribution in [1.82, 2.24) is 10.2 Å². The van der Waals surface area contributed by atoms with Gasteiger partial charge in [-0.15, -0.1) is 10.2 Å². The third-order valence-corrected chi connectivity index (χ3v) is 4.22. The van der Waals surface area contributed by atoms with Gasteiger partial charge in [-0.2, -0.15) is 0 Å². The number of aromatic nitrogens is 2. The van der Waals surface area contributed by atoms with Gasteiger partial charge in [0.1, 0.15) is 5.01 Å². The fourth-order valence-electron chi connectivity index (χ4n) is 1.97. The molecule has 5 nitrogen and oxygen atoms in total. The summed E-state index contributed by atoms with van der Waals surface area (Å²) in [6.45, 7) is 7.06. The number of anilines is 1. The number of nitrogens with zero attached hydrogens (tertiary/aromatic N) is 2. The Morgan fingerprint density at radius 2 is 2.11 bits per heavy atom. The Kier molecular flexibility index (Phi) is 6.94. The van der Waals surface area contributed by atoms with Gasteiger partial charge in [0, 0.05) is 6.42 Å². The SMILES string of the molecule is CCc1nnc(NC(=O)CCC(CCN)C(C)C)s1. The van der Waals surface area contributed by atoms with Gasteiger partial charge in [-0.05, 0) is 37.6 Å². The highest BCUT2D eigenvalue weighted by molar-refractivity contribution is 7.15. The molecule has 1 atom stereocenters. The van der Waals surface area contributed by atoms with Crippen LogP contribution in [0.15, 0.2) is 0 Å². The van der Waals surface area contributed by atoms with Crippen molar-refractivity contribution in [3.05, 3.63) is 5.01 Å². The molecule has 1 amide bonds. The maximum Gasteiger partial charge on any atom is 0.226 e. The van der Waals surface area contributed by atoms with Crippen LogP contribution >= 0.6 is 11.3 Å². The van der Waals surface area contributed by atoms with Gasteiger partial charge in [0.25, 0.3) is 0 Å². The number of amides is 1. The average Bonchev–Trinajstić information content (AvgIpc) is 2.81. The van der Waals surface area contributed by atoms with Crippen molar-refractivity contribution in [2.45, 2.75) is 46.5 Å². The molecule has 0 bridgehead atoms. The zero-order valence-corrected chi connectivity index (χ0v) is 12.8. The molecule has 1 heterocycles. The van der Waals surface area contributed by atoms with Crippen molar-refractivity contribution in [2.24, 2.45) is 17.6 Å². The van der Waals surface area contributed by atoms with Crippen LogP contribution in [0.25, 0.3) is 0 Å².